The predicted octanol–water partition coefficient (Wildman–Crippen LogP) is 1.34. The van der Waals surface area contributed by atoms with Gasteiger partial charge in [0.25, 0.3) is 5.69 Å². The summed E-state index contributed by atoms with van der Waals surface area (Å²) >= 11 is 0. The molecule has 1 rings (SSSR count). The molecule has 12 heavy (non-hydrogen) atoms. The molecule has 3 heteroatoms. The smallest absolute Gasteiger partial charge is 0.207 e. The highest BCUT2D eigenvalue weighted by atomic mass is 19.1. The van der Waals surface area contributed by atoms with Crippen molar-refractivity contribution in [1.82, 2.24) is 0 Å². The van der Waals surface area contributed by atoms with Crippen molar-refractivity contribution in [3.63, 3.8) is 0 Å². The van der Waals surface area contributed by atoms with Crippen LogP contribution in [0.1, 0.15) is 12.5 Å². The molecule has 0 amide bonds. The lowest BCUT2D eigenvalue weighted by atomic mass is 10.1. The predicted molar refractivity (Wildman–Crippen MR) is 45.1 cm³/mol. The maximum Gasteiger partial charge on any atom is 0.263 e. The Labute approximate surface area is 69.7 Å². The summed E-state index contributed by atoms with van der Waals surface area (Å²) in [6, 6.07) is 3.97. The first-order valence-electron chi connectivity index (χ1n) is 3.48. The quantitative estimate of drug-likeness (QED) is 0.706. The molecule has 0 saturated heterocycles. The first kappa shape index (κ1) is 8.59. The zero-order valence-corrected chi connectivity index (χ0v) is 6.73. The standard InChI is InChI=1S/C9H8FNO/c1-6(2)8-4-3-7(10)5-9(8)11-12/h3-5H,1H2,2H3/p+1. The van der Waals surface area contributed by atoms with E-state index < -0.39 is 5.82 Å². The van der Waals surface area contributed by atoms with Crippen molar-refractivity contribution in [2.24, 2.45) is 0 Å². The third-order valence-electron chi connectivity index (χ3n) is 1.55. The second kappa shape index (κ2) is 3.26. The highest BCUT2D eigenvalue weighted by molar-refractivity contribution is 5.69. The fourth-order valence-electron chi connectivity index (χ4n) is 0.973. The van der Waals surface area contributed by atoms with Crippen molar-refractivity contribution >= 4 is 11.3 Å². The van der Waals surface area contributed by atoms with E-state index in [1.807, 2.05) is 0 Å². The SMILES string of the molecule is C=C(C)c1ccc(F)cc1[NH+]=O. The van der Waals surface area contributed by atoms with Crippen LogP contribution in [0.15, 0.2) is 24.8 Å². The van der Waals surface area contributed by atoms with E-state index in [0.29, 0.717) is 5.56 Å². The fraction of sp³-hybridized carbons (Fsp3) is 0.111. The fourth-order valence-corrected chi connectivity index (χ4v) is 0.973. The normalized spacial score (nSPS) is 9.50. The number of hydrogen-bond acceptors (Lipinski definition) is 1. The Morgan fingerprint density at radius 3 is 2.75 bits per heavy atom. The Bertz CT molecular complexity index is 333. The zero-order valence-electron chi connectivity index (χ0n) is 6.73. The molecule has 0 fully saturated rings. The third-order valence-corrected chi connectivity index (χ3v) is 1.55. The van der Waals surface area contributed by atoms with Gasteiger partial charge in [0, 0.05) is 10.1 Å². The Morgan fingerprint density at radius 1 is 1.58 bits per heavy atom. The van der Waals surface area contributed by atoms with Gasteiger partial charge in [-0.25, -0.2) is 4.39 Å². The van der Waals surface area contributed by atoms with E-state index in [1.54, 1.807) is 12.1 Å². The van der Waals surface area contributed by atoms with Gasteiger partial charge in [0.1, 0.15) is 5.82 Å². The molecule has 0 saturated carbocycles. The molecular weight excluding hydrogens is 157 g/mol. The number of nitrogens with one attached hydrogen (secondary N) is 1. The summed E-state index contributed by atoms with van der Waals surface area (Å²) in [4.78, 5) is 10.4. The first-order valence-corrected chi connectivity index (χ1v) is 3.48. The van der Waals surface area contributed by atoms with E-state index >= 15 is 0 Å². The van der Waals surface area contributed by atoms with Crippen LogP contribution in [-0.2, 0) is 0 Å². The van der Waals surface area contributed by atoms with Crippen LogP contribution in [0.3, 0.4) is 0 Å². The molecule has 0 aromatic heterocycles. The van der Waals surface area contributed by atoms with Gasteiger partial charge >= 0.3 is 0 Å². The molecule has 0 aliphatic carbocycles. The summed E-state index contributed by atoms with van der Waals surface area (Å²) in [5.41, 5.74) is 1.60. The number of nitroso groups, excluding NO2 is 1. The van der Waals surface area contributed by atoms with Gasteiger partial charge in [0.2, 0.25) is 0 Å². The Morgan fingerprint density at radius 2 is 2.25 bits per heavy atom. The van der Waals surface area contributed by atoms with Crippen LogP contribution < -0.4 is 5.18 Å². The molecule has 0 aliphatic heterocycles. The molecule has 0 bridgehead atoms. The van der Waals surface area contributed by atoms with E-state index in [-0.39, 0.29) is 5.69 Å². The van der Waals surface area contributed by atoms with Crippen molar-refractivity contribution in [2.75, 3.05) is 0 Å². The van der Waals surface area contributed by atoms with Crippen LogP contribution >= 0.6 is 0 Å². The lowest BCUT2D eigenvalue weighted by Gasteiger charge is -1.96. The Balaban J connectivity index is 3.29. The monoisotopic (exact) mass is 166 g/mol. The summed E-state index contributed by atoms with van der Waals surface area (Å²) < 4.78 is 12.6. The summed E-state index contributed by atoms with van der Waals surface area (Å²) in [6.45, 7) is 5.42. The number of benzene rings is 1. The van der Waals surface area contributed by atoms with Crippen molar-refractivity contribution in [3.05, 3.63) is 41.1 Å². The molecule has 62 valence electrons. The van der Waals surface area contributed by atoms with Gasteiger partial charge in [-0.1, -0.05) is 6.58 Å². The number of allylic oxidation sites excluding steroid dienone is 1. The van der Waals surface area contributed by atoms with E-state index in [2.05, 4.69) is 6.58 Å². The minimum absolute atomic E-state index is 0.225. The van der Waals surface area contributed by atoms with Gasteiger partial charge in [0.05, 0.1) is 11.6 Å². The summed E-state index contributed by atoms with van der Waals surface area (Å²) in [7, 11) is 0. The van der Waals surface area contributed by atoms with Gasteiger partial charge in [-0.05, 0) is 24.6 Å². The lowest BCUT2D eigenvalue weighted by Crippen LogP contribution is -2.56. The van der Waals surface area contributed by atoms with Gasteiger partial charge in [-0.2, -0.15) is 0 Å². The first-order chi connectivity index (χ1) is 5.65. The van der Waals surface area contributed by atoms with Crippen molar-refractivity contribution < 1.29 is 9.57 Å². The molecule has 0 unspecified atom stereocenters. The van der Waals surface area contributed by atoms with E-state index in [0.717, 1.165) is 11.6 Å². The molecule has 1 N–H and O–H groups in total. The molecule has 0 atom stereocenters. The van der Waals surface area contributed by atoms with E-state index in [1.165, 1.54) is 12.1 Å². The van der Waals surface area contributed by atoms with Crippen molar-refractivity contribution in [3.8, 4) is 0 Å². The average Bonchev–Trinajstić information content (AvgIpc) is 2.03. The highest BCUT2D eigenvalue weighted by Crippen LogP contribution is 2.18. The summed E-state index contributed by atoms with van der Waals surface area (Å²) in [6.07, 6.45) is 0. The van der Waals surface area contributed by atoms with Gasteiger partial charge in [-0.3, -0.25) is 0 Å². The topological polar surface area (TPSA) is 31.0 Å². The zero-order chi connectivity index (χ0) is 9.14. The molecule has 1 aromatic carbocycles. The molecule has 0 radical (unpaired) electrons. The number of rotatable bonds is 2. The van der Waals surface area contributed by atoms with Crippen LogP contribution in [0, 0.1) is 10.7 Å². The van der Waals surface area contributed by atoms with Crippen LogP contribution in [0.2, 0.25) is 0 Å². The molecule has 0 spiro atoms. The van der Waals surface area contributed by atoms with Crippen LogP contribution in [-0.4, -0.2) is 0 Å². The number of halogens is 1. The van der Waals surface area contributed by atoms with E-state index in [4.69, 9.17) is 0 Å². The maximum absolute atomic E-state index is 12.6. The van der Waals surface area contributed by atoms with Gasteiger partial charge in [-0.15, -0.1) is 0 Å². The highest BCUT2D eigenvalue weighted by Gasteiger charge is 2.09. The molecule has 0 heterocycles. The largest absolute Gasteiger partial charge is 0.263 e. The number of hydrogen-bond donors (Lipinski definition) is 1. The van der Waals surface area contributed by atoms with Crippen molar-refractivity contribution in [2.45, 2.75) is 6.92 Å². The average molecular weight is 166 g/mol. The Kier molecular flexibility index (Phi) is 2.33. The second-order valence-electron chi connectivity index (χ2n) is 2.57. The van der Waals surface area contributed by atoms with Crippen molar-refractivity contribution in [1.29, 1.82) is 0 Å². The van der Waals surface area contributed by atoms with Gasteiger partial charge in [0.15, 0.2) is 0 Å². The molecule has 2 nitrogen and oxygen atoms in total. The second-order valence-corrected chi connectivity index (χ2v) is 2.57. The van der Waals surface area contributed by atoms with Crippen LogP contribution in [0.25, 0.3) is 5.57 Å². The van der Waals surface area contributed by atoms with Crippen LogP contribution in [0.5, 0.6) is 0 Å². The lowest BCUT2D eigenvalue weighted by molar-refractivity contribution is -0.379. The Hall–Kier alpha value is -1.51. The maximum atomic E-state index is 12.6. The van der Waals surface area contributed by atoms with E-state index in [9.17, 15) is 9.30 Å². The molecule has 1 aromatic rings. The molecular formula is C9H9FNO+. The summed E-state index contributed by atoms with van der Waals surface area (Å²) in [5, 5.41) is 1.67. The van der Waals surface area contributed by atoms with Gasteiger partial charge < -0.3 is 0 Å². The summed E-state index contributed by atoms with van der Waals surface area (Å²) in [5.74, 6) is -0.432. The third kappa shape index (κ3) is 1.56. The minimum Gasteiger partial charge on any atom is -0.207 e. The minimum atomic E-state index is -0.432. The van der Waals surface area contributed by atoms with Crippen LogP contribution in [0.4, 0.5) is 10.1 Å². The molecule has 0 aliphatic rings.